The van der Waals surface area contributed by atoms with Crippen LogP contribution in [0.25, 0.3) is 0 Å². The molecule has 4 heteroatoms. The molecule has 0 saturated carbocycles. The fraction of sp³-hybridized carbons (Fsp3) is 0.500. The monoisotopic (exact) mass is 213 g/mol. The minimum atomic E-state index is -0.513. The predicted molar refractivity (Wildman–Crippen MR) is 57.6 cm³/mol. The van der Waals surface area contributed by atoms with Gasteiger partial charge in [0.25, 0.3) is 5.91 Å². The minimum Gasteiger partial charge on any atom is -0.394 e. The van der Waals surface area contributed by atoms with Gasteiger partial charge in [0.1, 0.15) is 0 Å². The molecule has 0 bridgehead atoms. The molecule has 1 rings (SSSR count). The lowest BCUT2D eigenvalue weighted by Gasteiger charge is -2.26. The van der Waals surface area contributed by atoms with Crippen LogP contribution in [0.1, 0.15) is 29.9 Å². The normalized spacial score (nSPS) is 14.8. The fourth-order valence-electron chi connectivity index (χ4n) is 0.983. The first-order valence-corrected chi connectivity index (χ1v) is 5.46. The lowest BCUT2D eigenvalue weighted by Crippen LogP contribution is -2.48. The van der Waals surface area contributed by atoms with Gasteiger partial charge in [-0.05, 0) is 24.8 Å². The summed E-state index contributed by atoms with van der Waals surface area (Å²) in [6.45, 7) is 3.73. The molecule has 1 atom stereocenters. The summed E-state index contributed by atoms with van der Waals surface area (Å²) in [7, 11) is 0. The van der Waals surface area contributed by atoms with E-state index in [1.807, 2.05) is 25.3 Å². The van der Waals surface area contributed by atoms with E-state index in [1.165, 1.54) is 11.3 Å². The summed E-state index contributed by atoms with van der Waals surface area (Å²) >= 11 is 1.40. The Labute approximate surface area is 87.8 Å². The van der Waals surface area contributed by atoms with Gasteiger partial charge in [-0.2, -0.15) is 0 Å². The standard InChI is InChI=1S/C10H15NO2S/c1-3-10(2,7-12)11-9(13)8-5-4-6-14-8/h4-6,12H,3,7H2,1-2H3,(H,11,13). The highest BCUT2D eigenvalue weighted by Gasteiger charge is 2.23. The molecule has 0 aliphatic rings. The van der Waals surface area contributed by atoms with Crippen molar-refractivity contribution >= 4 is 17.2 Å². The van der Waals surface area contributed by atoms with Crippen molar-refractivity contribution in [2.45, 2.75) is 25.8 Å². The van der Waals surface area contributed by atoms with Crippen LogP contribution in [0.3, 0.4) is 0 Å². The van der Waals surface area contributed by atoms with E-state index in [2.05, 4.69) is 5.32 Å². The number of carbonyl (C=O) groups excluding carboxylic acids is 1. The molecule has 0 spiro atoms. The number of hydrogen-bond acceptors (Lipinski definition) is 3. The predicted octanol–water partition coefficient (Wildman–Crippen LogP) is 1.64. The molecule has 0 aliphatic carbocycles. The van der Waals surface area contributed by atoms with E-state index in [9.17, 15) is 4.79 Å². The van der Waals surface area contributed by atoms with Crippen LogP contribution in [0.2, 0.25) is 0 Å². The smallest absolute Gasteiger partial charge is 0.261 e. The summed E-state index contributed by atoms with van der Waals surface area (Å²) < 4.78 is 0. The maximum absolute atomic E-state index is 11.6. The van der Waals surface area contributed by atoms with Gasteiger partial charge in [0, 0.05) is 0 Å². The van der Waals surface area contributed by atoms with Gasteiger partial charge in [-0.15, -0.1) is 11.3 Å². The van der Waals surface area contributed by atoms with Gasteiger partial charge in [-0.25, -0.2) is 0 Å². The average Bonchev–Trinajstić information content (AvgIpc) is 2.70. The van der Waals surface area contributed by atoms with Crippen LogP contribution in [0.15, 0.2) is 17.5 Å². The molecule has 1 amide bonds. The molecule has 1 aromatic heterocycles. The van der Waals surface area contributed by atoms with Crippen LogP contribution in [-0.4, -0.2) is 23.2 Å². The molecule has 0 aromatic carbocycles. The summed E-state index contributed by atoms with van der Waals surface area (Å²) in [5, 5.41) is 13.8. The van der Waals surface area contributed by atoms with Gasteiger partial charge in [0.15, 0.2) is 0 Å². The topological polar surface area (TPSA) is 49.3 Å². The van der Waals surface area contributed by atoms with Crippen molar-refractivity contribution in [3.05, 3.63) is 22.4 Å². The molecule has 78 valence electrons. The van der Waals surface area contributed by atoms with Crippen molar-refractivity contribution in [2.24, 2.45) is 0 Å². The third-order valence-corrected chi connectivity index (χ3v) is 3.16. The zero-order valence-corrected chi connectivity index (χ0v) is 9.23. The van der Waals surface area contributed by atoms with Crippen LogP contribution in [-0.2, 0) is 0 Å². The summed E-state index contributed by atoms with van der Waals surface area (Å²) in [5.41, 5.74) is -0.513. The molecule has 1 unspecified atom stereocenters. The summed E-state index contributed by atoms with van der Waals surface area (Å²) in [6.07, 6.45) is 0.709. The van der Waals surface area contributed by atoms with Gasteiger partial charge in [0.05, 0.1) is 17.0 Å². The largest absolute Gasteiger partial charge is 0.394 e. The second-order valence-corrected chi connectivity index (χ2v) is 4.45. The van der Waals surface area contributed by atoms with Gasteiger partial charge < -0.3 is 10.4 Å². The molecule has 0 aliphatic heterocycles. The Morgan fingerprint density at radius 3 is 2.86 bits per heavy atom. The molecule has 1 heterocycles. The third-order valence-electron chi connectivity index (χ3n) is 2.29. The highest BCUT2D eigenvalue weighted by Crippen LogP contribution is 2.12. The Bertz CT molecular complexity index is 291. The number of aliphatic hydroxyl groups excluding tert-OH is 1. The van der Waals surface area contributed by atoms with Crippen molar-refractivity contribution in [3.8, 4) is 0 Å². The second-order valence-electron chi connectivity index (χ2n) is 3.50. The Morgan fingerprint density at radius 2 is 2.43 bits per heavy atom. The molecule has 3 nitrogen and oxygen atoms in total. The Kier molecular flexibility index (Phi) is 3.66. The summed E-state index contributed by atoms with van der Waals surface area (Å²) in [4.78, 5) is 12.3. The van der Waals surface area contributed by atoms with Gasteiger partial charge in [-0.3, -0.25) is 4.79 Å². The number of hydrogen-bond donors (Lipinski definition) is 2. The average molecular weight is 213 g/mol. The Balaban J connectivity index is 2.65. The molecular weight excluding hydrogens is 198 g/mol. The Morgan fingerprint density at radius 1 is 1.71 bits per heavy atom. The van der Waals surface area contributed by atoms with Crippen molar-refractivity contribution < 1.29 is 9.90 Å². The molecular formula is C10H15NO2S. The number of amides is 1. The summed E-state index contributed by atoms with van der Waals surface area (Å²) in [5.74, 6) is -0.113. The first kappa shape index (κ1) is 11.2. The van der Waals surface area contributed by atoms with Crippen LogP contribution in [0, 0.1) is 0 Å². The SMILES string of the molecule is CCC(C)(CO)NC(=O)c1cccs1. The van der Waals surface area contributed by atoms with E-state index in [0.717, 1.165) is 0 Å². The van der Waals surface area contributed by atoms with E-state index in [1.54, 1.807) is 6.07 Å². The van der Waals surface area contributed by atoms with Crippen molar-refractivity contribution in [2.75, 3.05) is 6.61 Å². The number of thiophene rings is 1. The van der Waals surface area contributed by atoms with Crippen LogP contribution in [0.5, 0.6) is 0 Å². The molecule has 14 heavy (non-hydrogen) atoms. The zero-order chi connectivity index (χ0) is 10.6. The van der Waals surface area contributed by atoms with Crippen LogP contribution >= 0.6 is 11.3 Å². The van der Waals surface area contributed by atoms with Gasteiger partial charge >= 0.3 is 0 Å². The second kappa shape index (κ2) is 4.57. The van der Waals surface area contributed by atoms with Crippen molar-refractivity contribution in [1.82, 2.24) is 5.32 Å². The maximum atomic E-state index is 11.6. The Hall–Kier alpha value is -0.870. The van der Waals surface area contributed by atoms with Crippen molar-refractivity contribution in [3.63, 3.8) is 0 Å². The highest BCUT2D eigenvalue weighted by molar-refractivity contribution is 7.12. The molecule has 1 aromatic rings. The molecule has 0 radical (unpaired) electrons. The lowest BCUT2D eigenvalue weighted by atomic mass is 10.0. The van der Waals surface area contributed by atoms with E-state index in [4.69, 9.17) is 5.11 Å². The van der Waals surface area contributed by atoms with E-state index >= 15 is 0 Å². The first-order chi connectivity index (χ1) is 6.61. The van der Waals surface area contributed by atoms with E-state index in [0.29, 0.717) is 11.3 Å². The number of rotatable bonds is 4. The third kappa shape index (κ3) is 2.56. The van der Waals surface area contributed by atoms with E-state index < -0.39 is 5.54 Å². The molecule has 0 saturated heterocycles. The molecule has 0 fully saturated rings. The highest BCUT2D eigenvalue weighted by atomic mass is 32.1. The van der Waals surface area contributed by atoms with Crippen LogP contribution in [0.4, 0.5) is 0 Å². The number of nitrogens with one attached hydrogen (secondary N) is 1. The van der Waals surface area contributed by atoms with Gasteiger partial charge in [-0.1, -0.05) is 13.0 Å². The van der Waals surface area contributed by atoms with E-state index in [-0.39, 0.29) is 12.5 Å². The van der Waals surface area contributed by atoms with Crippen molar-refractivity contribution in [1.29, 1.82) is 0 Å². The van der Waals surface area contributed by atoms with Crippen LogP contribution < -0.4 is 5.32 Å². The molecule has 2 N–H and O–H groups in total. The number of aliphatic hydroxyl groups is 1. The number of carbonyl (C=O) groups is 1. The van der Waals surface area contributed by atoms with Gasteiger partial charge in [0.2, 0.25) is 0 Å². The maximum Gasteiger partial charge on any atom is 0.261 e. The zero-order valence-electron chi connectivity index (χ0n) is 8.41. The lowest BCUT2D eigenvalue weighted by molar-refractivity contribution is 0.0851. The first-order valence-electron chi connectivity index (χ1n) is 4.58. The summed E-state index contributed by atoms with van der Waals surface area (Å²) in [6, 6.07) is 3.61. The quantitative estimate of drug-likeness (QED) is 0.798. The minimum absolute atomic E-state index is 0.0411. The fourth-order valence-corrected chi connectivity index (χ4v) is 1.60.